The molecule has 0 unspecified atom stereocenters. The van der Waals surface area contributed by atoms with E-state index in [1.54, 1.807) is 0 Å². The van der Waals surface area contributed by atoms with E-state index in [4.69, 9.17) is 0 Å². The summed E-state index contributed by atoms with van der Waals surface area (Å²) in [6.07, 6.45) is 1.88. The number of ketones is 1. The van der Waals surface area contributed by atoms with Crippen molar-refractivity contribution in [2.75, 3.05) is 39.3 Å². The zero-order valence-electron chi connectivity index (χ0n) is 14.0. The van der Waals surface area contributed by atoms with Crippen LogP contribution in [0.4, 0.5) is 0 Å². The molecule has 0 atom stereocenters. The number of hydrogen-bond acceptors (Lipinski definition) is 3. The largest absolute Gasteiger partial charge is 0.304 e. The minimum absolute atomic E-state index is 0.194. The Balaban J connectivity index is 3.93. The second-order valence-corrected chi connectivity index (χ2v) is 6.24. The number of hydrogen-bond donors (Lipinski definition) is 0. The quantitative estimate of drug-likeness (QED) is 0.609. The third-order valence-electron chi connectivity index (χ3n) is 3.78. The third kappa shape index (κ3) is 8.38. The van der Waals surface area contributed by atoms with Gasteiger partial charge in [-0.25, -0.2) is 0 Å². The summed E-state index contributed by atoms with van der Waals surface area (Å²) in [6, 6.07) is 0. The molecule has 0 spiro atoms. The fraction of sp³-hybridized carbons (Fsp3) is 0.938. The molecular formula is C16H34N2O. The first kappa shape index (κ1) is 18.6. The molecule has 0 saturated heterocycles. The summed E-state index contributed by atoms with van der Waals surface area (Å²) < 4.78 is 0. The number of Topliss-reactive ketones (excluding diaryl/α,β-unsaturated/α-hetero) is 1. The van der Waals surface area contributed by atoms with Gasteiger partial charge >= 0.3 is 0 Å². The van der Waals surface area contributed by atoms with Crippen LogP contribution < -0.4 is 0 Å². The van der Waals surface area contributed by atoms with E-state index in [2.05, 4.69) is 30.6 Å². The van der Waals surface area contributed by atoms with Crippen LogP contribution in [-0.2, 0) is 4.79 Å². The highest BCUT2D eigenvalue weighted by molar-refractivity contribution is 5.83. The normalized spacial score (nSPS) is 12.4. The average molecular weight is 270 g/mol. The lowest BCUT2D eigenvalue weighted by atomic mass is 9.89. The molecule has 0 aromatic carbocycles. The van der Waals surface area contributed by atoms with Crippen LogP contribution in [0.5, 0.6) is 0 Å². The highest BCUT2D eigenvalue weighted by Gasteiger charge is 2.21. The number of rotatable bonds is 10. The molecule has 3 heteroatoms. The van der Waals surface area contributed by atoms with Gasteiger partial charge in [0.25, 0.3) is 0 Å². The van der Waals surface area contributed by atoms with Crippen LogP contribution in [0, 0.1) is 5.41 Å². The molecule has 0 aliphatic carbocycles. The van der Waals surface area contributed by atoms with Gasteiger partial charge in [0.05, 0.1) is 0 Å². The minimum Gasteiger partial charge on any atom is -0.304 e. The minimum atomic E-state index is -0.194. The van der Waals surface area contributed by atoms with E-state index >= 15 is 0 Å². The number of carbonyl (C=O) groups is 1. The van der Waals surface area contributed by atoms with Crippen LogP contribution in [0.1, 0.15) is 54.4 Å². The van der Waals surface area contributed by atoms with E-state index in [0.717, 1.165) is 39.3 Å². The SMILES string of the molecule is CCN(CC)CCCN(CC)CCC(=O)C(C)(C)C. The first-order chi connectivity index (χ1) is 8.85. The van der Waals surface area contributed by atoms with Crippen molar-refractivity contribution in [3.8, 4) is 0 Å². The predicted molar refractivity (Wildman–Crippen MR) is 83.6 cm³/mol. The molecular weight excluding hydrogens is 236 g/mol. The van der Waals surface area contributed by atoms with Crippen LogP contribution in [0.3, 0.4) is 0 Å². The maximum atomic E-state index is 11.9. The highest BCUT2D eigenvalue weighted by Crippen LogP contribution is 2.16. The summed E-state index contributed by atoms with van der Waals surface area (Å²) in [6.45, 7) is 19.1. The van der Waals surface area contributed by atoms with E-state index in [-0.39, 0.29) is 5.41 Å². The average Bonchev–Trinajstić information content (AvgIpc) is 2.36. The molecule has 3 nitrogen and oxygen atoms in total. The van der Waals surface area contributed by atoms with Crippen LogP contribution in [-0.4, -0.2) is 54.9 Å². The van der Waals surface area contributed by atoms with Gasteiger partial charge in [-0.3, -0.25) is 4.79 Å². The van der Waals surface area contributed by atoms with Crippen molar-refractivity contribution in [1.82, 2.24) is 9.80 Å². The number of nitrogens with zero attached hydrogens (tertiary/aromatic N) is 2. The molecule has 0 heterocycles. The molecule has 0 fully saturated rings. The topological polar surface area (TPSA) is 23.6 Å². The van der Waals surface area contributed by atoms with Crippen LogP contribution >= 0.6 is 0 Å². The maximum absolute atomic E-state index is 11.9. The summed E-state index contributed by atoms with van der Waals surface area (Å²) in [4.78, 5) is 16.8. The van der Waals surface area contributed by atoms with Crippen molar-refractivity contribution in [3.63, 3.8) is 0 Å². The molecule has 0 aliphatic heterocycles. The van der Waals surface area contributed by atoms with Crippen molar-refractivity contribution in [3.05, 3.63) is 0 Å². The van der Waals surface area contributed by atoms with Gasteiger partial charge in [-0.2, -0.15) is 0 Å². The smallest absolute Gasteiger partial charge is 0.139 e. The first-order valence-corrected chi connectivity index (χ1v) is 7.83. The van der Waals surface area contributed by atoms with Crippen molar-refractivity contribution in [1.29, 1.82) is 0 Å². The molecule has 0 aromatic heterocycles. The summed E-state index contributed by atoms with van der Waals surface area (Å²) in [5, 5.41) is 0. The molecule has 0 aromatic rings. The Morgan fingerprint density at radius 2 is 1.32 bits per heavy atom. The lowest BCUT2D eigenvalue weighted by Crippen LogP contribution is -2.32. The van der Waals surface area contributed by atoms with E-state index in [1.807, 2.05) is 20.8 Å². The maximum Gasteiger partial charge on any atom is 0.139 e. The van der Waals surface area contributed by atoms with Crippen molar-refractivity contribution in [2.45, 2.75) is 54.4 Å². The molecule has 19 heavy (non-hydrogen) atoms. The predicted octanol–water partition coefficient (Wildman–Crippen LogP) is 3.05. The Morgan fingerprint density at radius 1 is 0.842 bits per heavy atom. The lowest BCUT2D eigenvalue weighted by Gasteiger charge is -2.24. The molecule has 0 rings (SSSR count). The Bertz CT molecular complexity index is 242. The van der Waals surface area contributed by atoms with Gasteiger partial charge in [-0.05, 0) is 39.1 Å². The van der Waals surface area contributed by atoms with Crippen molar-refractivity contribution < 1.29 is 4.79 Å². The third-order valence-corrected chi connectivity index (χ3v) is 3.78. The van der Waals surface area contributed by atoms with Gasteiger partial charge in [0, 0.05) is 18.4 Å². The van der Waals surface area contributed by atoms with Gasteiger partial charge in [0.2, 0.25) is 0 Å². The summed E-state index contributed by atoms with van der Waals surface area (Å²) in [5.74, 6) is 0.370. The first-order valence-electron chi connectivity index (χ1n) is 7.83. The van der Waals surface area contributed by atoms with Gasteiger partial charge < -0.3 is 9.80 Å². The van der Waals surface area contributed by atoms with E-state index in [1.165, 1.54) is 6.42 Å². The van der Waals surface area contributed by atoms with Gasteiger partial charge in [0.1, 0.15) is 5.78 Å². The van der Waals surface area contributed by atoms with E-state index < -0.39 is 0 Å². The number of carbonyl (C=O) groups excluding carboxylic acids is 1. The van der Waals surface area contributed by atoms with Gasteiger partial charge in [0.15, 0.2) is 0 Å². The van der Waals surface area contributed by atoms with Crippen molar-refractivity contribution >= 4 is 5.78 Å². The lowest BCUT2D eigenvalue weighted by molar-refractivity contribution is -0.126. The second kappa shape index (κ2) is 9.49. The Labute approximate surface area is 120 Å². The van der Waals surface area contributed by atoms with E-state index in [0.29, 0.717) is 12.2 Å². The second-order valence-electron chi connectivity index (χ2n) is 6.24. The fourth-order valence-corrected chi connectivity index (χ4v) is 2.12. The van der Waals surface area contributed by atoms with Crippen LogP contribution in [0.15, 0.2) is 0 Å². The molecule has 0 radical (unpaired) electrons. The summed E-state index contributed by atoms with van der Waals surface area (Å²) >= 11 is 0. The molecule has 114 valence electrons. The molecule has 0 N–H and O–H groups in total. The zero-order chi connectivity index (χ0) is 14.9. The van der Waals surface area contributed by atoms with Gasteiger partial charge in [-0.15, -0.1) is 0 Å². The molecule has 0 aliphatic rings. The van der Waals surface area contributed by atoms with Gasteiger partial charge in [-0.1, -0.05) is 41.5 Å². The van der Waals surface area contributed by atoms with E-state index in [9.17, 15) is 4.79 Å². The summed E-state index contributed by atoms with van der Waals surface area (Å²) in [7, 11) is 0. The zero-order valence-corrected chi connectivity index (χ0v) is 14.0. The molecule has 0 bridgehead atoms. The highest BCUT2D eigenvalue weighted by atomic mass is 16.1. The Hall–Kier alpha value is -0.410. The summed E-state index contributed by atoms with van der Waals surface area (Å²) in [5.41, 5.74) is -0.194. The fourth-order valence-electron chi connectivity index (χ4n) is 2.12. The van der Waals surface area contributed by atoms with Crippen LogP contribution in [0.25, 0.3) is 0 Å². The standard InChI is InChI=1S/C16H34N2O/c1-7-17(8-2)12-10-13-18(9-3)14-11-15(19)16(4,5)6/h7-14H2,1-6H3. The Kier molecular flexibility index (Phi) is 9.28. The molecule has 0 amide bonds. The van der Waals surface area contributed by atoms with Crippen molar-refractivity contribution in [2.24, 2.45) is 5.41 Å². The van der Waals surface area contributed by atoms with Crippen LogP contribution in [0.2, 0.25) is 0 Å². The molecule has 0 saturated carbocycles. The Morgan fingerprint density at radius 3 is 1.74 bits per heavy atom. The monoisotopic (exact) mass is 270 g/mol.